The maximum atomic E-state index is 13.5. The fraction of sp³-hybridized carbons (Fsp3) is 0.250. The molecular weight excluding hydrogens is 414 g/mol. The number of benzene rings is 3. The Hall–Kier alpha value is -2.87. The Morgan fingerprint density at radius 1 is 0.968 bits per heavy atom. The molecule has 0 amide bonds. The van der Waals surface area contributed by atoms with Gasteiger partial charge in [0.05, 0.1) is 24.2 Å². The Balaban J connectivity index is 1.74. The summed E-state index contributed by atoms with van der Waals surface area (Å²) in [5.74, 6) is 0.262. The lowest BCUT2D eigenvalue weighted by Gasteiger charge is -2.39. The van der Waals surface area contributed by atoms with Crippen LogP contribution in [0.2, 0.25) is 0 Å². The van der Waals surface area contributed by atoms with Crippen LogP contribution in [0.1, 0.15) is 22.8 Å². The van der Waals surface area contributed by atoms with Crippen LogP contribution in [0.4, 0.5) is 0 Å². The average Bonchev–Trinajstić information content (AvgIpc) is 2.79. The van der Waals surface area contributed by atoms with Crippen molar-refractivity contribution < 1.29 is 23.4 Å². The SMILES string of the molecule is COc1cccc(C[C@H]2[C@H](O)c3ccccc3S(=O)(=O)N2CCc2ccccc2)c1O. The van der Waals surface area contributed by atoms with Crippen LogP contribution in [0.3, 0.4) is 0 Å². The van der Waals surface area contributed by atoms with Crippen LogP contribution in [0.25, 0.3) is 0 Å². The normalized spacial score (nSPS) is 20.2. The molecule has 0 spiro atoms. The molecule has 0 saturated heterocycles. The Kier molecular flexibility index (Phi) is 6.00. The molecular formula is C24H25NO5S. The van der Waals surface area contributed by atoms with Gasteiger partial charge in [-0.05, 0) is 36.1 Å². The van der Waals surface area contributed by atoms with E-state index in [1.807, 2.05) is 30.3 Å². The van der Waals surface area contributed by atoms with Gasteiger partial charge in [-0.15, -0.1) is 0 Å². The van der Waals surface area contributed by atoms with Gasteiger partial charge < -0.3 is 14.9 Å². The largest absolute Gasteiger partial charge is 0.504 e. The maximum absolute atomic E-state index is 13.5. The van der Waals surface area contributed by atoms with Gasteiger partial charge in [-0.2, -0.15) is 4.31 Å². The standard InChI is InChI=1S/C24H25NO5S/c1-30-21-12-7-10-18(23(21)26)16-20-24(27)19-11-5-6-13-22(19)31(28,29)25(20)15-14-17-8-3-2-4-9-17/h2-13,20,24,26-27H,14-16H2,1H3/t20-,24+/m0/s1. The van der Waals surface area contributed by atoms with Gasteiger partial charge >= 0.3 is 0 Å². The third-order valence-electron chi connectivity index (χ3n) is 5.75. The molecule has 4 rings (SSSR count). The number of para-hydroxylation sites is 1. The molecule has 1 aliphatic rings. The zero-order valence-corrected chi connectivity index (χ0v) is 18.0. The summed E-state index contributed by atoms with van der Waals surface area (Å²) in [4.78, 5) is 0.127. The molecule has 0 bridgehead atoms. The molecule has 7 heteroatoms. The number of nitrogens with zero attached hydrogens (tertiary/aromatic N) is 1. The molecule has 0 aromatic heterocycles. The molecule has 0 radical (unpaired) electrons. The second-order valence-electron chi connectivity index (χ2n) is 7.57. The number of sulfonamides is 1. The summed E-state index contributed by atoms with van der Waals surface area (Å²) >= 11 is 0. The van der Waals surface area contributed by atoms with E-state index in [4.69, 9.17) is 4.74 Å². The van der Waals surface area contributed by atoms with E-state index in [1.165, 1.54) is 17.5 Å². The fourth-order valence-electron chi connectivity index (χ4n) is 4.14. The fourth-order valence-corrected chi connectivity index (χ4v) is 6.00. The maximum Gasteiger partial charge on any atom is 0.243 e. The third kappa shape index (κ3) is 4.04. The number of aliphatic hydroxyl groups excluding tert-OH is 1. The highest BCUT2D eigenvalue weighted by molar-refractivity contribution is 7.89. The summed E-state index contributed by atoms with van der Waals surface area (Å²) in [5.41, 5.74) is 1.91. The van der Waals surface area contributed by atoms with Crippen molar-refractivity contribution in [1.82, 2.24) is 4.31 Å². The van der Waals surface area contributed by atoms with Crippen molar-refractivity contribution in [1.29, 1.82) is 0 Å². The smallest absolute Gasteiger partial charge is 0.243 e. The molecule has 2 atom stereocenters. The number of hydrogen-bond donors (Lipinski definition) is 2. The summed E-state index contributed by atoms with van der Waals surface area (Å²) in [5, 5.41) is 21.7. The summed E-state index contributed by atoms with van der Waals surface area (Å²) in [7, 11) is -2.36. The molecule has 0 aliphatic carbocycles. The van der Waals surface area contributed by atoms with Crippen LogP contribution in [-0.4, -0.2) is 42.6 Å². The van der Waals surface area contributed by atoms with Crippen molar-refractivity contribution >= 4 is 10.0 Å². The van der Waals surface area contributed by atoms with E-state index in [-0.39, 0.29) is 23.6 Å². The lowest BCUT2D eigenvalue weighted by atomic mass is 9.94. The Labute approximate surface area is 182 Å². The summed E-state index contributed by atoms with van der Waals surface area (Å²) in [6, 6.07) is 20.5. The van der Waals surface area contributed by atoms with Crippen molar-refractivity contribution in [2.75, 3.05) is 13.7 Å². The van der Waals surface area contributed by atoms with Crippen LogP contribution in [0, 0.1) is 0 Å². The van der Waals surface area contributed by atoms with Gasteiger partial charge in [0.1, 0.15) is 0 Å². The van der Waals surface area contributed by atoms with Crippen molar-refractivity contribution in [3.05, 3.63) is 89.5 Å². The van der Waals surface area contributed by atoms with Gasteiger partial charge in [0, 0.05) is 12.1 Å². The Morgan fingerprint density at radius 2 is 1.68 bits per heavy atom. The molecule has 0 unspecified atom stereocenters. The summed E-state index contributed by atoms with van der Waals surface area (Å²) < 4.78 is 33.6. The van der Waals surface area contributed by atoms with E-state index in [0.29, 0.717) is 23.3 Å². The first-order chi connectivity index (χ1) is 14.9. The highest BCUT2D eigenvalue weighted by atomic mass is 32.2. The number of aromatic hydroxyl groups is 1. The number of ether oxygens (including phenoxy) is 1. The molecule has 3 aromatic rings. The number of rotatable bonds is 6. The highest BCUT2D eigenvalue weighted by Crippen LogP contribution is 2.40. The molecule has 162 valence electrons. The van der Waals surface area contributed by atoms with Crippen molar-refractivity contribution in [2.24, 2.45) is 0 Å². The number of fused-ring (bicyclic) bond motifs is 1. The summed E-state index contributed by atoms with van der Waals surface area (Å²) in [6.45, 7) is 0.215. The summed E-state index contributed by atoms with van der Waals surface area (Å²) in [6.07, 6.45) is -0.372. The van der Waals surface area contributed by atoms with Gasteiger partial charge in [0.2, 0.25) is 10.0 Å². The minimum absolute atomic E-state index is 0.0449. The second kappa shape index (κ2) is 8.70. The predicted molar refractivity (Wildman–Crippen MR) is 118 cm³/mol. The van der Waals surface area contributed by atoms with E-state index in [0.717, 1.165) is 5.56 Å². The average molecular weight is 440 g/mol. The molecule has 1 aliphatic heterocycles. The topological polar surface area (TPSA) is 87.1 Å². The minimum atomic E-state index is -3.82. The van der Waals surface area contributed by atoms with Crippen LogP contribution >= 0.6 is 0 Å². The van der Waals surface area contributed by atoms with Gasteiger partial charge in [0.15, 0.2) is 11.5 Å². The Morgan fingerprint density at radius 3 is 2.42 bits per heavy atom. The molecule has 2 N–H and O–H groups in total. The lowest BCUT2D eigenvalue weighted by molar-refractivity contribution is 0.0797. The van der Waals surface area contributed by atoms with Crippen LogP contribution in [0.15, 0.2) is 77.7 Å². The van der Waals surface area contributed by atoms with Crippen LogP contribution in [-0.2, 0) is 22.9 Å². The first kappa shape index (κ1) is 21.4. The van der Waals surface area contributed by atoms with Crippen molar-refractivity contribution in [2.45, 2.75) is 29.9 Å². The number of phenolic OH excluding ortho intramolecular Hbond substituents is 1. The molecule has 0 fully saturated rings. The van der Waals surface area contributed by atoms with Crippen LogP contribution in [0.5, 0.6) is 11.5 Å². The van der Waals surface area contributed by atoms with Gasteiger partial charge in [-0.3, -0.25) is 0 Å². The number of phenols is 1. The number of aliphatic hydroxyl groups is 1. The van der Waals surface area contributed by atoms with E-state index in [9.17, 15) is 18.6 Å². The van der Waals surface area contributed by atoms with E-state index in [2.05, 4.69) is 0 Å². The van der Waals surface area contributed by atoms with Gasteiger partial charge in [-0.1, -0.05) is 60.7 Å². The monoisotopic (exact) mass is 439 g/mol. The van der Waals surface area contributed by atoms with Crippen molar-refractivity contribution in [3.8, 4) is 11.5 Å². The van der Waals surface area contributed by atoms with E-state index in [1.54, 1.807) is 36.4 Å². The van der Waals surface area contributed by atoms with Gasteiger partial charge in [0.25, 0.3) is 0 Å². The highest BCUT2D eigenvalue weighted by Gasteiger charge is 2.43. The number of hydrogen-bond acceptors (Lipinski definition) is 5. The molecule has 31 heavy (non-hydrogen) atoms. The first-order valence-electron chi connectivity index (χ1n) is 10.1. The Bertz CT molecular complexity index is 1160. The van der Waals surface area contributed by atoms with Crippen LogP contribution < -0.4 is 4.74 Å². The molecule has 3 aromatic carbocycles. The molecule has 6 nitrogen and oxygen atoms in total. The first-order valence-corrected chi connectivity index (χ1v) is 11.5. The molecule has 1 heterocycles. The van der Waals surface area contributed by atoms with Crippen molar-refractivity contribution in [3.63, 3.8) is 0 Å². The minimum Gasteiger partial charge on any atom is -0.504 e. The number of methoxy groups -OCH3 is 1. The zero-order chi connectivity index (χ0) is 22.0. The second-order valence-corrected chi connectivity index (χ2v) is 9.43. The lowest BCUT2D eigenvalue weighted by Crippen LogP contribution is -2.49. The zero-order valence-electron chi connectivity index (χ0n) is 17.2. The van der Waals surface area contributed by atoms with E-state index < -0.39 is 22.2 Å². The van der Waals surface area contributed by atoms with E-state index >= 15 is 0 Å². The third-order valence-corrected chi connectivity index (χ3v) is 7.75. The van der Waals surface area contributed by atoms with Gasteiger partial charge in [-0.25, -0.2) is 8.42 Å². The predicted octanol–water partition coefficient (Wildman–Crippen LogP) is 3.29. The quantitative estimate of drug-likeness (QED) is 0.616. The molecule has 0 saturated carbocycles.